The molecule has 0 aliphatic carbocycles. The van der Waals surface area contributed by atoms with Gasteiger partial charge in [-0.1, -0.05) is 26.0 Å². The van der Waals surface area contributed by atoms with Crippen LogP contribution in [0.5, 0.6) is 5.75 Å². The van der Waals surface area contributed by atoms with Crippen molar-refractivity contribution in [2.75, 3.05) is 33.8 Å². The van der Waals surface area contributed by atoms with Crippen molar-refractivity contribution in [1.29, 1.82) is 0 Å². The van der Waals surface area contributed by atoms with Crippen molar-refractivity contribution in [3.05, 3.63) is 45.9 Å². The molecule has 0 fully saturated rings. The summed E-state index contributed by atoms with van der Waals surface area (Å²) in [5.74, 6) is 2.14. The van der Waals surface area contributed by atoms with Crippen molar-refractivity contribution < 1.29 is 4.74 Å². The predicted molar refractivity (Wildman–Crippen MR) is 118 cm³/mol. The molecular weight excluding hydrogens is 370 g/mol. The predicted octanol–water partition coefficient (Wildman–Crippen LogP) is 3.46. The van der Waals surface area contributed by atoms with E-state index in [1.165, 1.54) is 0 Å². The first-order chi connectivity index (χ1) is 13.5. The average Bonchev–Trinajstić information content (AvgIpc) is 3.13. The molecule has 0 bridgehead atoms. The van der Waals surface area contributed by atoms with Crippen LogP contribution in [-0.2, 0) is 13.1 Å². The second-order valence-corrected chi connectivity index (χ2v) is 8.11. The van der Waals surface area contributed by atoms with Crippen molar-refractivity contribution in [1.82, 2.24) is 20.5 Å². The van der Waals surface area contributed by atoms with E-state index in [0.29, 0.717) is 25.6 Å². The highest BCUT2D eigenvalue weighted by molar-refractivity contribution is 7.09. The third-order valence-corrected chi connectivity index (χ3v) is 4.90. The van der Waals surface area contributed by atoms with Gasteiger partial charge in [0.25, 0.3) is 0 Å². The van der Waals surface area contributed by atoms with Gasteiger partial charge >= 0.3 is 0 Å². The number of hydrogen-bond donors (Lipinski definition) is 2. The van der Waals surface area contributed by atoms with Crippen LogP contribution >= 0.6 is 11.3 Å². The van der Waals surface area contributed by atoms with E-state index in [1.54, 1.807) is 11.3 Å². The molecule has 0 spiro atoms. The standard InChI is InChI=1S/C21H33N5OS/c1-6-22-21(24-14-20-25-19(15-28-20)16(2)3)23-13-17-8-7-9-18(12-17)27-11-10-26(4)5/h7-9,12,15-16H,6,10-11,13-14H2,1-5H3,(H2,22,23,24). The number of nitrogens with one attached hydrogen (secondary N) is 2. The first-order valence-corrected chi connectivity index (χ1v) is 10.7. The molecule has 28 heavy (non-hydrogen) atoms. The van der Waals surface area contributed by atoms with Crippen molar-refractivity contribution in [2.24, 2.45) is 4.99 Å². The van der Waals surface area contributed by atoms with Gasteiger partial charge in [0, 0.05) is 18.5 Å². The highest BCUT2D eigenvalue weighted by Gasteiger charge is 2.06. The summed E-state index contributed by atoms with van der Waals surface area (Å²) in [6.45, 7) is 10.0. The van der Waals surface area contributed by atoms with Gasteiger partial charge < -0.3 is 20.3 Å². The van der Waals surface area contributed by atoms with E-state index in [9.17, 15) is 0 Å². The zero-order valence-electron chi connectivity index (χ0n) is 17.7. The van der Waals surface area contributed by atoms with Crippen LogP contribution in [0.4, 0.5) is 0 Å². The van der Waals surface area contributed by atoms with Gasteiger partial charge in [0.15, 0.2) is 5.96 Å². The Labute approximate surface area is 173 Å². The molecule has 0 saturated carbocycles. The Hall–Kier alpha value is -2.12. The zero-order valence-corrected chi connectivity index (χ0v) is 18.5. The summed E-state index contributed by atoms with van der Waals surface area (Å²) in [7, 11) is 4.08. The van der Waals surface area contributed by atoms with Crippen LogP contribution in [0.3, 0.4) is 0 Å². The number of thiazole rings is 1. The molecule has 0 aliphatic rings. The molecular formula is C21H33N5OS. The van der Waals surface area contributed by atoms with Crippen LogP contribution in [0.25, 0.3) is 0 Å². The van der Waals surface area contributed by atoms with Crippen LogP contribution in [-0.4, -0.2) is 49.6 Å². The molecule has 2 N–H and O–H groups in total. The lowest BCUT2D eigenvalue weighted by Gasteiger charge is -2.12. The van der Waals surface area contributed by atoms with E-state index in [4.69, 9.17) is 9.73 Å². The smallest absolute Gasteiger partial charge is 0.191 e. The molecule has 1 heterocycles. The summed E-state index contributed by atoms with van der Waals surface area (Å²) in [5, 5.41) is 9.87. The fourth-order valence-electron chi connectivity index (χ4n) is 2.42. The minimum Gasteiger partial charge on any atom is -0.492 e. The molecule has 0 amide bonds. The minimum absolute atomic E-state index is 0.458. The molecule has 154 valence electrons. The Morgan fingerprint density at radius 3 is 2.79 bits per heavy atom. The molecule has 2 rings (SSSR count). The quantitative estimate of drug-likeness (QED) is 0.470. The van der Waals surface area contributed by atoms with Gasteiger partial charge in [0.05, 0.1) is 18.8 Å². The van der Waals surface area contributed by atoms with Crippen LogP contribution < -0.4 is 15.4 Å². The maximum Gasteiger partial charge on any atom is 0.191 e. The van der Waals surface area contributed by atoms with Gasteiger partial charge in [0.1, 0.15) is 17.4 Å². The van der Waals surface area contributed by atoms with Crippen molar-refractivity contribution in [2.45, 2.75) is 39.8 Å². The zero-order chi connectivity index (χ0) is 20.4. The van der Waals surface area contributed by atoms with E-state index < -0.39 is 0 Å². The number of aliphatic imine (C=N–C) groups is 1. The molecule has 7 heteroatoms. The summed E-state index contributed by atoms with van der Waals surface area (Å²) < 4.78 is 5.81. The van der Waals surface area contributed by atoms with E-state index in [0.717, 1.165) is 41.1 Å². The first kappa shape index (κ1) is 22.2. The maximum absolute atomic E-state index is 5.81. The number of aromatic nitrogens is 1. The molecule has 0 saturated heterocycles. The Bertz CT molecular complexity index is 742. The monoisotopic (exact) mass is 403 g/mol. The number of ether oxygens (including phenoxy) is 1. The van der Waals surface area contributed by atoms with E-state index in [1.807, 2.05) is 26.2 Å². The van der Waals surface area contributed by atoms with Crippen molar-refractivity contribution >= 4 is 17.3 Å². The van der Waals surface area contributed by atoms with E-state index in [-0.39, 0.29) is 0 Å². The Kier molecular flexibility index (Phi) is 9.23. The van der Waals surface area contributed by atoms with Gasteiger partial charge in [-0.2, -0.15) is 0 Å². The lowest BCUT2D eigenvalue weighted by atomic mass is 10.2. The third kappa shape index (κ3) is 7.86. The van der Waals surface area contributed by atoms with Crippen molar-refractivity contribution in [3.63, 3.8) is 0 Å². The summed E-state index contributed by atoms with van der Waals surface area (Å²) in [4.78, 5) is 11.5. The van der Waals surface area contributed by atoms with E-state index in [2.05, 4.69) is 58.8 Å². The van der Waals surface area contributed by atoms with Crippen LogP contribution in [0, 0.1) is 0 Å². The molecule has 0 atom stereocenters. The Morgan fingerprint density at radius 1 is 1.29 bits per heavy atom. The molecule has 1 aromatic heterocycles. The van der Waals surface area contributed by atoms with Crippen LogP contribution in [0.2, 0.25) is 0 Å². The number of rotatable bonds is 10. The number of guanidine groups is 1. The summed E-state index contributed by atoms with van der Waals surface area (Å²) in [5.41, 5.74) is 2.27. The van der Waals surface area contributed by atoms with Gasteiger partial charge in [-0.15, -0.1) is 11.3 Å². The molecule has 1 aromatic carbocycles. The average molecular weight is 404 g/mol. The number of hydrogen-bond acceptors (Lipinski definition) is 5. The summed E-state index contributed by atoms with van der Waals surface area (Å²) in [6, 6.07) is 8.13. The van der Waals surface area contributed by atoms with Gasteiger partial charge in [-0.05, 0) is 44.6 Å². The highest BCUT2D eigenvalue weighted by atomic mass is 32.1. The normalized spacial score (nSPS) is 11.9. The minimum atomic E-state index is 0.458. The third-order valence-electron chi connectivity index (χ3n) is 4.04. The lowest BCUT2D eigenvalue weighted by Crippen LogP contribution is -2.36. The first-order valence-electron chi connectivity index (χ1n) is 9.81. The molecule has 0 unspecified atom stereocenters. The topological polar surface area (TPSA) is 61.8 Å². The van der Waals surface area contributed by atoms with Crippen molar-refractivity contribution in [3.8, 4) is 5.75 Å². The van der Waals surface area contributed by atoms with Crippen LogP contribution in [0.1, 0.15) is 43.0 Å². The largest absolute Gasteiger partial charge is 0.492 e. The SMILES string of the molecule is CCNC(=NCc1cccc(OCCN(C)C)c1)NCc1nc(C(C)C)cs1. The number of nitrogens with zero attached hydrogens (tertiary/aromatic N) is 3. The second-order valence-electron chi connectivity index (χ2n) is 7.17. The van der Waals surface area contributed by atoms with E-state index >= 15 is 0 Å². The van der Waals surface area contributed by atoms with Crippen LogP contribution in [0.15, 0.2) is 34.6 Å². The highest BCUT2D eigenvalue weighted by Crippen LogP contribution is 2.17. The molecule has 6 nitrogen and oxygen atoms in total. The fraction of sp³-hybridized carbons (Fsp3) is 0.524. The lowest BCUT2D eigenvalue weighted by molar-refractivity contribution is 0.261. The Morgan fingerprint density at radius 2 is 2.11 bits per heavy atom. The maximum atomic E-state index is 5.81. The molecule has 0 aliphatic heterocycles. The summed E-state index contributed by atoms with van der Waals surface area (Å²) >= 11 is 1.69. The Balaban J connectivity index is 1.92. The molecule has 2 aromatic rings. The van der Waals surface area contributed by atoms with Gasteiger partial charge in [-0.25, -0.2) is 9.98 Å². The number of benzene rings is 1. The summed E-state index contributed by atoms with van der Waals surface area (Å²) in [6.07, 6.45) is 0. The van der Waals surface area contributed by atoms with Gasteiger partial charge in [-0.3, -0.25) is 0 Å². The van der Waals surface area contributed by atoms with Gasteiger partial charge in [0.2, 0.25) is 0 Å². The molecule has 0 radical (unpaired) electrons. The number of likely N-dealkylation sites (N-methyl/N-ethyl adjacent to an activating group) is 1. The fourth-order valence-corrected chi connectivity index (χ4v) is 3.32. The second kappa shape index (κ2) is 11.7.